The number of nitrogens with one attached hydrogen (secondary N) is 1. The third-order valence-corrected chi connectivity index (χ3v) is 11.7. The van der Waals surface area contributed by atoms with E-state index in [2.05, 4.69) is 5.32 Å². The minimum atomic E-state index is -1.45. The molecule has 0 radical (unpaired) electrons. The molecule has 2 amide bonds. The third kappa shape index (κ3) is 10.9. The van der Waals surface area contributed by atoms with Gasteiger partial charge < -0.3 is 43.7 Å². The van der Waals surface area contributed by atoms with Crippen LogP contribution in [0.3, 0.4) is 0 Å². The van der Waals surface area contributed by atoms with Crippen LogP contribution in [-0.2, 0) is 58.2 Å². The predicted molar refractivity (Wildman–Crippen MR) is 234 cm³/mol. The number of nitrogens with zero attached hydrogens (tertiary/aromatic N) is 1. The van der Waals surface area contributed by atoms with E-state index in [9.17, 15) is 33.9 Å². The maximum atomic E-state index is 14.6. The number of likely N-dealkylation sites (tertiary alicyclic amines) is 1. The Labute approximate surface area is 378 Å². The number of hydrogen-bond donors (Lipinski definition) is 2. The number of aliphatic hydroxyl groups excluding tert-OH is 1. The first-order chi connectivity index (χ1) is 31.0. The van der Waals surface area contributed by atoms with Gasteiger partial charge in [-0.3, -0.25) is 14.4 Å². The zero-order valence-corrected chi connectivity index (χ0v) is 37.2. The van der Waals surface area contributed by atoms with Gasteiger partial charge in [0.25, 0.3) is 0 Å². The lowest BCUT2D eigenvalue weighted by Gasteiger charge is -2.33. The molecule has 3 heterocycles. The topological polar surface area (TPSA) is 193 Å². The van der Waals surface area contributed by atoms with E-state index in [1.165, 1.54) is 17.0 Å². The van der Waals surface area contributed by atoms with Crippen LogP contribution in [0.1, 0.15) is 93.8 Å². The highest BCUT2D eigenvalue weighted by Gasteiger charge is 2.55. The molecule has 4 aliphatic rings. The summed E-state index contributed by atoms with van der Waals surface area (Å²) in [6.07, 6.45) is 1.41. The summed E-state index contributed by atoms with van der Waals surface area (Å²) in [7, 11) is 0. The Kier molecular flexibility index (Phi) is 14.1. The van der Waals surface area contributed by atoms with Crippen molar-refractivity contribution in [1.29, 1.82) is 0 Å². The van der Waals surface area contributed by atoms with Gasteiger partial charge in [0.1, 0.15) is 36.6 Å². The van der Waals surface area contributed by atoms with Crippen LogP contribution in [0.5, 0.6) is 0 Å². The second-order valence-electron chi connectivity index (χ2n) is 18.4. The molecule has 15 heteroatoms. The van der Waals surface area contributed by atoms with Crippen molar-refractivity contribution in [3.63, 3.8) is 0 Å². The number of esters is 4. The molecule has 3 aromatic carbocycles. The fourth-order valence-corrected chi connectivity index (χ4v) is 8.47. The monoisotopic (exact) mass is 892 g/mol. The molecule has 0 aromatic heterocycles. The highest BCUT2D eigenvalue weighted by molar-refractivity contribution is 5.98. The molecule has 344 valence electrons. The number of ether oxygens (including phenoxy) is 6. The van der Waals surface area contributed by atoms with Crippen molar-refractivity contribution in [2.24, 2.45) is 5.41 Å². The SMILES string of the molecule is CC(C)(C)OC(=O)CC[C@@H](CO)NC(=O)[C@H]1CCCN1C(=O)C1=C[C@H]2OC(c3ccccc3)(c3ccccc3)O[C@H]2[C@H](OC(=O)c2cccc(C=CC(=O)O[C@H]3C(=O)OCC3(C)C)c2)C1. The maximum absolute atomic E-state index is 14.6. The van der Waals surface area contributed by atoms with E-state index in [0.717, 1.165) is 6.08 Å². The predicted octanol–water partition coefficient (Wildman–Crippen LogP) is 5.33. The van der Waals surface area contributed by atoms with Gasteiger partial charge in [0.15, 0.2) is 0 Å². The minimum Gasteiger partial charge on any atom is -0.462 e. The standard InChI is InChI=1S/C50H56N2O13/c1-48(2,3)64-41(55)24-22-36(29-53)51-44(56)37-20-13-25-52(37)45(57)33-27-38(42-39(28-33)63-50(65-42,34-16-8-6-9-17-34)35-18-10-7-11-19-35)61-46(58)32-15-12-14-31(26-32)21-23-40(54)62-43-47(59)60-30-49(43,4)5/h6-12,14-19,21,23,26,28,36-39,42-43,53H,13,20,22,24-25,27,29-30H2,1-5H3,(H,51,56)/t36-,37+,38+,39+,42-,43-/m0/s1. The van der Waals surface area contributed by atoms with Crippen molar-refractivity contribution in [2.45, 2.75) is 115 Å². The minimum absolute atomic E-state index is 0.0187. The Morgan fingerprint density at radius 3 is 2.26 bits per heavy atom. The zero-order chi connectivity index (χ0) is 46.5. The van der Waals surface area contributed by atoms with Crippen LogP contribution in [0.25, 0.3) is 6.08 Å². The fraction of sp³-hybridized carbons (Fsp3) is 0.440. The first-order valence-electron chi connectivity index (χ1n) is 21.9. The van der Waals surface area contributed by atoms with Crippen LogP contribution in [0.4, 0.5) is 0 Å². The third-order valence-electron chi connectivity index (χ3n) is 11.7. The normalized spacial score (nSPS) is 23.8. The van der Waals surface area contributed by atoms with E-state index in [4.69, 9.17) is 28.4 Å². The van der Waals surface area contributed by atoms with Gasteiger partial charge in [-0.25, -0.2) is 14.4 Å². The van der Waals surface area contributed by atoms with Gasteiger partial charge in [-0.1, -0.05) is 86.6 Å². The molecular formula is C50H56N2O13. The summed E-state index contributed by atoms with van der Waals surface area (Å²) in [5.74, 6) is -4.90. The van der Waals surface area contributed by atoms with Gasteiger partial charge in [-0.05, 0) is 69.9 Å². The first-order valence-corrected chi connectivity index (χ1v) is 21.9. The number of fused-ring (bicyclic) bond motifs is 1. The van der Waals surface area contributed by atoms with E-state index in [0.29, 0.717) is 29.5 Å². The van der Waals surface area contributed by atoms with Crippen LogP contribution < -0.4 is 5.32 Å². The summed E-state index contributed by atoms with van der Waals surface area (Å²) in [6.45, 7) is 8.79. The number of carbonyl (C=O) groups is 6. The molecule has 0 unspecified atom stereocenters. The quantitative estimate of drug-likeness (QED) is 0.120. The largest absolute Gasteiger partial charge is 0.462 e. The molecule has 0 saturated carbocycles. The Bertz CT molecular complexity index is 2280. The molecule has 0 spiro atoms. The maximum Gasteiger partial charge on any atom is 0.348 e. The molecule has 3 fully saturated rings. The number of aliphatic hydroxyl groups is 1. The molecule has 65 heavy (non-hydrogen) atoms. The number of carbonyl (C=O) groups excluding carboxylic acids is 6. The van der Waals surface area contributed by atoms with Crippen LogP contribution in [0, 0.1) is 5.41 Å². The average Bonchev–Trinajstić information content (AvgIpc) is 4.01. The Morgan fingerprint density at radius 1 is 0.938 bits per heavy atom. The first kappa shape index (κ1) is 46.8. The Balaban J connectivity index is 1.12. The average molecular weight is 893 g/mol. The highest BCUT2D eigenvalue weighted by atomic mass is 16.8. The van der Waals surface area contributed by atoms with Crippen molar-refractivity contribution >= 4 is 41.8 Å². The van der Waals surface area contributed by atoms with Crippen LogP contribution in [0.15, 0.2) is 103 Å². The summed E-state index contributed by atoms with van der Waals surface area (Å²) in [6, 6.07) is 23.5. The van der Waals surface area contributed by atoms with Gasteiger partial charge in [0.05, 0.1) is 18.2 Å². The van der Waals surface area contributed by atoms with Crippen LogP contribution in [-0.4, -0.2) is 108 Å². The highest BCUT2D eigenvalue weighted by Crippen LogP contribution is 2.47. The van der Waals surface area contributed by atoms with E-state index in [-0.39, 0.29) is 43.6 Å². The number of rotatable bonds is 14. The van der Waals surface area contributed by atoms with Gasteiger partial charge in [-0.2, -0.15) is 0 Å². The Morgan fingerprint density at radius 2 is 1.63 bits per heavy atom. The number of benzene rings is 3. The zero-order valence-electron chi connectivity index (χ0n) is 37.2. The van der Waals surface area contributed by atoms with Crippen molar-refractivity contribution < 1.29 is 62.3 Å². The smallest absolute Gasteiger partial charge is 0.348 e. The van der Waals surface area contributed by atoms with E-state index in [1.54, 1.807) is 58.9 Å². The van der Waals surface area contributed by atoms with Gasteiger partial charge in [-0.15, -0.1) is 0 Å². The molecule has 3 saturated heterocycles. The van der Waals surface area contributed by atoms with Gasteiger partial charge in [0.2, 0.25) is 23.7 Å². The number of cyclic esters (lactones) is 1. The molecule has 1 aliphatic carbocycles. The molecule has 2 N–H and O–H groups in total. The summed E-state index contributed by atoms with van der Waals surface area (Å²) >= 11 is 0. The lowest BCUT2D eigenvalue weighted by Crippen LogP contribution is -2.51. The van der Waals surface area contributed by atoms with Crippen LogP contribution in [0.2, 0.25) is 0 Å². The molecule has 3 aliphatic heterocycles. The molecule has 7 rings (SSSR count). The molecule has 6 atom stereocenters. The number of hydrogen-bond acceptors (Lipinski definition) is 13. The summed E-state index contributed by atoms with van der Waals surface area (Å²) < 4.78 is 35.8. The lowest BCUT2D eigenvalue weighted by atomic mass is 9.90. The van der Waals surface area contributed by atoms with Crippen molar-refractivity contribution in [3.8, 4) is 0 Å². The molecular weight excluding hydrogens is 837 g/mol. The number of amides is 2. The summed E-state index contributed by atoms with van der Waals surface area (Å²) in [5.41, 5.74) is 0.884. The van der Waals surface area contributed by atoms with E-state index < -0.39 is 95.6 Å². The molecule has 15 nitrogen and oxygen atoms in total. The second kappa shape index (κ2) is 19.5. The summed E-state index contributed by atoms with van der Waals surface area (Å²) in [5, 5.41) is 12.9. The molecule has 0 bridgehead atoms. The van der Waals surface area contributed by atoms with Crippen molar-refractivity contribution in [2.75, 3.05) is 19.8 Å². The lowest BCUT2D eigenvalue weighted by molar-refractivity contribution is -0.159. The fourth-order valence-electron chi connectivity index (χ4n) is 8.47. The Hall–Kier alpha value is -6.16. The van der Waals surface area contributed by atoms with E-state index in [1.807, 2.05) is 60.7 Å². The second-order valence-corrected chi connectivity index (χ2v) is 18.4. The van der Waals surface area contributed by atoms with Crippen LogP contribution >= 0.6 is 0 Å². The van der Waals surface area contributed by atoms with Crippen molar-refractivity contribution in [1.82, 2.24) is 10.2 Å². The van der Waals surface area contributed by atoms with E-state index >= 15 is 0 Å². The van der Waals surface area contributed by atoms with Gasteiger partial charge >= 0.3 is 23.9 Å². The molecule has 3 aromatic rings. The van der Waals surface area contributed by atoms with Gasteiger partial charge in [0, 0.05) is 47.6 Å². The van der Waals surface area contributed by atoms with Crippen molar-refractivity contribution in [3.05, 3.63) is 125 Å². The summed E-state index contributed by atoms with van der Waals surface area (Å²) in [4.78, 5) is 81.2.